The Morgan fingerprint density at radius 2 is 1.80 bits per heavy atom. The van der Waals surface area contributed by atoms with E-state index in [1.54, 1.807) is 12.4 Å². The largest absolute Gasteiger partial charge is 0.370 e. The summed E-state index contributed by atoms with van der Waals surface area (Å²) in [6, 6.07) is 12.4. The number of rotatable bonds is 8. The number of nitrogens with one attached hydrogen (secondary N) is 2. The van der Waals surface area contributed by atoms with Crippen molar-refractivity contribution in [2.24, 2.45) is 0 Å². The molecule has 0 aliphatic carbocycles. The smallest absolute Gasteiger partial charge is 0.131 e. The first-order chi connectivity index (χ1) is 9.88. The molecule has 0 saturated carbocycles. The van der Waals surface area contributed by atoms with Crippen LogP contribution < -0.4 is 10.6 Å². The fraction of sp³-hybridized carbons (Fsp3) is 0.250. The summed E-state index contributed by atoms with van der Waals surface area (Å²) in [6.07, 6.45) is 5.50. The van der Waals surface area contributed by atoms with Crippen molar-refractivity contribution in [3.05, 3.63) is 60.9 Å². The van der Waals surface area contributed by atoms with Crippen molar-refractivity contribution >= 4 is 11.6 Å². The second-order valence-corrected chi connectivity index (χ2v) is 4.47. The highest BCUT2D eigenvalue weighted by atomic mass is 15.1. The first kappa shape index (κ1) is 14.1. The summed E-state index contributed by atoms with van der Waals surface area (Å²) in [7, 11) is 0. The van der Waals surface area contributed by atoms with Crippen LogP contribution in [0.5, 0.6) is 0 Å². The third kappa shape index (κ3) is 4.72. The third-order valence-electron chi connectivity index (χ3n) is 2.89. The SMILES string of the molecule is C=CCNc1cc(NCCCc2ccccc2)ncn1. The lowest BCUT2D eigenvalue weighted by Gasteiger charge is -2.07. The van der Waals surface area contributed by atoms with Gasteiger partial charge < -0.3 is 10.6 Å². The molecule has 2 aromatic rings. The molecule has 0 saturated heterocycles. The van der Waals surface area contributed by atoms with Crippen LogP contribution in [0.4, 0.5) is 11.6 Å². The molecule has 0 atom stereocenters. The van der Waals surface area contributed by atoms with Crippen molar-refractivity contribution in [3.63, 3.8) is 0 Å². The van der Waals surface area contributed by atoms with Crippen molar-refractivity contribution in [2.45, 2.75) is 12.8 Å². The van der Waals surface area contributed by atoms with Gasteiger partial charge in [0.25, 0.3) is 0 Å². The molecule has 1 heterocycles. The second kappa shape index (κ2) is 7.94. The average Bonchev–Trinajstić information content (AvgIpc) is 2.51. The average molecular weight is 268 g/mol. The summed E-state index contributed by atoms with van der Waals surface area (Å²) in [5.41, 5.74) is 1.37. The molecule has 0 fully saturated rings. The number of aromatic nitrogens is 2. The quantitative estimate of drug-likeness (QED) is 0.570. The number of nitrogens with zero attached hydrogens (tertiary/aromatic N) is 2. The molecule has 4 nitrogen and oxygen atoms in total. The van der Waals surface area contributed by atoms with Gasteiger partial charge in [-0.2, -0.15) is 0 Å². The maximum absolute atomic E-state index is 4.20. The molecule has 0 unspecified atom stereocenters. The van der Waals surface area contributed by atoms with Gasteiger partial charge in [0.05, 0.1) is 0 Å². The van der Waals surface area contributed by atoms with Gasteiger partial charge in [-0.1, -0.05) is 36.4 Å². The Labute approximate surface area is 120 Å². The van der Waals surface area contributed by atoms with E-state index in [-0.39, 0.29) is 0 Å². The predicted molar refractivity (Wildman–Crippen MR) is 84.0 cm³/mol. The Bertz CT molecular complexity index is 525. The Balaban J connectivity index is 1.75. The van der Waals surface area contributed by atoms with Gasteiger partial charge in [-0.05, 0) is 18.4 Å². The fourth-order valence-electron chi connectivity index (χ4n) is 1.88. The van der Waals surface area contributed by atoms with Gasteiger partial charge in [-0.3, -0.25) is 0 Å². The maximum Gasteiger partial charge on any atom is 0.131 e. The van der Waals surface area contributed by atoms with E-state index in [0.717, 1.165) is 31.0 Å². The van der Waals surface area contributed by atoms with E-state index in [4.69, 9.17) is 0 Å². The number of anilines is 2. The molecule has 104 valence electrons. The van der Waals surface area contributed by atoms with E-state index in [2.05, 4.69) is 51.4 Å². The Kier molecular flexibility index (Phi) is 5.58. The number of hydrogen-bond donors (Lipinski definition) is 2. The van der Waals surface area contributed by atoms with Crippen LogP contribution in [0.2, 0.25) is 0 Å². The highest BCUT2D eigenvalue weighted by Crippen LogP contribution is 2.09. The minimum Gasteiger partial charge on any atom is -0.370 e. The second-order valence-electron chi connectivity index (χ2n) is 4.47. The number of aryl methyl sites for hydroxylation is 1. The van der Waals surface area contributed by atoms with Crippen molar-refractivity contribution in [1.29, 1.82) is 0 Å². The van der Waals surface area contributed by atoms with Crippen LogP contribution in [0.1, 0.15) is 12.0 Å². The Hall–Kier alpha value is -2.36. The summed E-state index contributed by atoms with van der Waals surface area (Å²) in [5.74, 6) is 1.66. The van der Waals surface area contributed by atoms with Crippen LogP contribution in [0, 0.1) is 0 Å². The molecule has 0 radical (unpaired) electrons. The van der Waals surface area contributed by atoms with Crippen LogP contribution in [0.25, 0.3) is 0 Å². The minimum absolute atomic E-state index is 0.699. The van der Waals surface area contributed by atoms with E-state index in [1.807, 2.05) is 12.1 Å². The molecule has 0 amide bonds. The van der Waals surface area contributed by atoms with Crippen molar-refractivity contribution < 1.29 is 0 Å². The Morgan fingerprint density at radius 3 is 2.55 bits per heavy atom. The van der Waals surface area contributed by atoms with Gasteiger partial charge >= 0.3 is 0 Å². The molecule has 4 heteroatoms. The fourth-order valence-corrected chi connectivity index (χ4v) is 1.88. The summed E-state index contributed by atoms with van der Waals surface area (Å²) in [5, 5.41) is 6.46. The third-order valence-corrected chi connectivity index (χ3v) is 2.89. The van der Waals surface area contributed by atoms with E-state index >= 15 is 0 Å². The first-order valence-corrected chi connectivity index (χ1v) is 6.83. The van der Waals surface area contributed by atoms with Crippen molar-refractivity contribution in [2.75, 3.05) is 23.7 Å². The van der Waals surface area contributed by atoms with Crippen molar-refractivity contribution in [3.8, 4) is 0 Å². The maximum atomic E-state index is 4.20. The van der Waals surface area contributed by atoms with Crippen LogP contribution >= 0.6 is 0 Å². The lowest BCUT2D eigenvalue weighted by atomic mass is 10.1. The molecular formula is C16H20N4. The van der Waals surface area contributed by atoms with Crippen LogP contribution in [-0.4, -0.2) is 23.1 Å². The van der Waals surface area contributed by atoms with Crippen LogP contribution in [-0.2, 0) is 6.42 Å². The van der Waals surface area contributed by atoms with Crippen molar-refractivity contribution in [1.82, 2.24) is 9.97 Å². The van der Waals surface area contributed by atoms with Gasteiger partial charge in [0.2, 0.25) is 0 Å². The van der Waals surface area contributed by atoms with Gasteiger partial charge in [0.1, 0.15) is 18.0 Å². The number of hydrogen-bond acceptors (Lipinski definition) is 4. The molecule has 1 aromatic heterocycles. The standard InChI is InChI=1S/C16H20N4/c1-2-10-17-15-12-16(20-13-19-15)18-11-6-9-14-7-4-3-5-8-14/h2-5,7-8,12-13H,1,6,9-11H2,(H2,17,18,19,20). The normalized spacial score (nSPS) is 10.0. The summed E-state index contributed by atoms with van der Waals surface area (Å²) in [6.45, 7) is 5.26. The topological polar surface area (TPSA) is 49.8 Å². The monoisotopic (exact) mass is 268 g/mol. The zero-order valence-electron chi connectivity index (χ0n) is 11.5. The van der Waals surface area contributed by atoms with Gasteiger partial charge in [-0.25, -0.2) is 9.97 Å². The number of benzene rings is 1. The molecule has 1 aromatic carbocycles. The highest BCUT2D eigenvalue weighted by molar-refractivity contribution is 5.46. The lowest BCUT2D eigenvalue weighted by molar-refractivity contribution is 0.858. The summed E-state index contributed by atoms with van der Waals surface area (Å²) in [4.78, 5) is 8.35. The predicted octanol–water partition coefficient (Wildman–Crippen LogP) is 3.12. The molecule has 0 bridgehead atoms. The molecule has 2 N–H and O–H groups in total. The molecule has 20 heavy (non-hydrogen) atoms. The van der Waals surface area contributed by atoms with E-state index in [1.165, 1.54) is 5.56 Å². The van der Waals surface area contributed by atoms with Gasteiger partial charge in [0.15, 0.2) is 0 Å². The van der Waals surface area contributed by atoms with E-state index in [9.17, 15) is 0 Å². The zero-order chi connectivity index (χ0) is 14.0. The Morgan fingerprint density at radius 1 is 1.05 bits per heavy atom. The summed E-state index contributed by atoms with van der Waals surface area (Å²) < 4.78 is 0. The van der Waals surface area contributed by atoms with E-state index in [0.29, 0.717) is 6.54 Å². The lowest BCUT2D eigenvalue weighted by Crippen LogP contribution is -2.06. The highest BCUT2D eigenvalue weighted by Gasteiger charge is 1.97. The first-order valence-electron chi connectivity index (χ1n) is 6.83. The van der Waals surface area contributed by atoms with Crippen LogP contribution in [0.15, 0.2) is 55.4 Å². The van der Waals surface area contributed by atoms with Crippen LogP contribution in [0.3, 0.4) is 0 Å². The summed E-state index contributed by atoms with van der Waals surface area (Å²) >= 11 is 0. The van der Waals surface area contributed by atoms with E-state index < -0.39 is 0 Å². The minimum atomic E-state index is 0.699. The molecule has 0 aliphatic rings. The molecule has 0 spiro atoms. The zero-order valence-corrected chi connectivity index (χ0v) is 11.5. The van der Waals surface area contributed by atoms with Gasteiger partial charge in [-0.15, -0.1) is 6.58 Å². The molecule has 0 aliphatic heterocycles. The van der Waals surface area contributed by atoms with Gasteiger partial charge in [0, 0.05) is 19.2 Å². The molecule has 2 rings (SSSR count). The molecular weight excluding hydrogens is 248 g/mol.